The number of hydrogen-bond acceptors (Lipinski definition) is 13. The number of anilines is 3. The van der Waals surface area contributed by atoms with Crippen LogP contribution in [0, 0.1) is 17.3 Å². The van der Waals surface area contributed by atoms with Crippen molar-refractivity contribution in [3.63, 3.8) is 0 Å². The highest BCUT2D eigenvalue weighted by atomic mass is 32.1. The molecule has 5 aliphatic heterocycles. The van der Waals surface area contributed by atoms with Gasteiger partial charge in [-0.2, -0.15) is 9.47 Å². The number of hydrogen-bond donors (Lipinski definition) is 3. The van der Waals surface area contributed by atoms with Crippen LogP contribution in [0.15, 0.2) is 36.5 Å². The number of fused-ring (bicyclic) bond motifs is 4. The molecule has 6 fully saturated rings. The molecule has 336 valence electrons. The van der Waals surface area contributed by atoms with Gasteiger partial charge < -0.3 is 25.2 Å². The Morgan fingerprint density at radius 2 is 1.78 bits per heavy atom. The fourth-order valence-electron chi connectivity index (χ4n) is 11.6. The summed E-state index contributed by atoms with van der Waals surface area (Å²) in [6.07, 6.45) is 8.08. The molecule has 16 nitrogen and oxygen atoms in total. The molecule has 1 aromatic carbocycles. The van der Waals surface area contributed by atoms with Gasteiger partial charge in [0.2, 0.25) is 11.8 Å². The number of halogens is 2. The Bertz CT molecular complexity index is 2540. The quantitative estimate of drug-likeness (QED) is 0.154. The zero-order chi connectivity index (χ0) is 43.9. The molecule has 2 aliphatic carbocycles. The van der Waals surface area contributed by atoms with Gasteiger partial charge in [-0.1, -0.05) is 6.07 Å². The number of aromatic nitrogens is 4. The second kappa shape index (κ2) is 16.2. The van der Waals surface area contributed by atoms with Crippen LogP contribution in [0.5, 0.6) is 0 Å². The lowest BCUT2D eigenvalue weighted by Crippen LogP contribution is -2.54. The van der Waals surface area contributed by atoms with E-state index in [1.807, 2.05) is 12.1 Å². The summed E-state index contributed by atoms with van der Waals surface area (Å²) in [6.45, 7) is 5.18. The Kier molecular flexibility index (Phi) is 10.5. The molecule has 11 rings (SSSR count). The largest absolute Gasteiger partial charge is 0.384 e. The summed E-state index contributed by atoms with van der Waals surface area (Å²) in [5.41, 5.74) is 1.60. The van der Waals surface area contributed by atoms with E-state index in [2.05, 4.69) is 35.2 Å². The number of morpholine rings is 1. The molecular weight excluding hydrogens is 847 g/mol. The average Bonchev–Trinajstić information content (AvgIpc) is 4.13. The maximum Gasteiger partial charge on any atom is 0.284 e. The minimum atomic E-state index is -2.86. The van der Waals surface area contributed by atoms with Gasteiger partial charge in [0, 0.05) is 37.9 Å². The van der Waals surface area contributed by atoms with Crippen molar-refractivity contribution in [1.29, 1.82) is 0 Å². The first kappa shape index (κ1) is 41.3. The fraction of sp³-hybridized carbons (Fsp3) is 0.556. The Morgan fingerprint density at radius 3 is 2.52 bits per heavy atom. The normalized spacial score (nSPS) is 26.9. The molecule has 5 amide bonds. The maximum absolute atomic E-state index is 14.3. The maximum atomic E-state index is 14.3. The van der Waals surface area contributed by atoms with Gasteiger partial charge in [0.1, 0.15) is 17.4 Å². The van der Waals surface area contributed by atoms with Crippen LogP contribution in [0.25, 0.3) is 10.2 Å². The fourth-order valence-corrected chi connectivity index (χ4v) is 12.4. The minimum absolute atomic E-state index is 0.00164. The van der Waals surface area contributed by atoms with Crippen molar-refractivity contribution >= 4 is 68.5 Å². The number of imide groups is 2. The van der Waals surface area contributed by atoms with Gasteiger partial charge in [0.15, 0.2) is 11.4 Å². The number of amides is 5. The topological polar surface area (TPSA) is 184 Å². The van der Waals surface area contributed by atoms with E-state index >= 15 is 0 Å². The van der Waals surface area contributed by atoms with E-state index in [-0.39, 0.29) is 53.5 Å². The number of carbonyl (C=O) groups is 5. The number of alkyl halides is 2. The number of piperidine rings is 2. The molecule has 64 heavy (non-hydrogen) atoms. The predicted octanol–water partition coefficient (Wildman–Crippen LogP) is 5.79. The molecule has 0 radical (unpaired) electrons. The van der Waals surface area contributed by atoms with Crippen molar-refractivity contribution < 1.29 is 37.5 Å². The lowest BCUT2D eigenvalue weighted by molar-refractivity contribution is -0.136. The highest BCUT2D eigenvalue weighted by Crippen LogP contribution is 2.53. The highest BCUT2D eigenvalue weighted by molar-refractivity contribution is 7.13. The molecule has 2 bridgehead atoms. The summed E-state index contributed by atoms with van der Waals surface area (Å²) in [7, 11) is 0. The molecule has 7 aliphatic rings. The van der Waals surface area contributed by atoms with Gasteiger partial charge >= 0.3 is 0 Å². The Balaban J connectivity index is 0.645. The summed E-state index contributed by atoms with van der Waals surface area (Å²) < 4.78 is 41.1. The summed E-state index contributed by atoms with van der Waals surface area (Å²) in [5, 5.41) is 12.7. The highest BCUT2D eigenvalue weighted by Gasteiger charge is 2.48. The zero-order valence-corrected chi connectivity index (χ0v) is 36.1. The molecule has 1 spiro atoms. The first-order valence-electron chi connectivity index (χ1n) is 22.6. The first-order valence-corrected chi connectivity index (χ1v) is 23.4. The summed E-state index contributed by atoms with van der Waals surface area (Å²) in [6, 6.07) is 8.22. The van der Waals surface area contributed by atoms with Crippen molar-refractivity contribution in [2.75, 3.05) is 54.9 Å². The van der Waals surface area contributed by atoms with Gasteiger partial charge in [-0.3, -0.25) is 38.9 Å². The minimum Gasteiger partial charge on any atom is -0.384 e. The van der Waals surface area contributed by atoms with Gasteiger partial charge in [-0.15, -0.1) is 0 Å². The average molecular weight is 897 g/mol. The molecule has 19 heteroatoms. The van der Waals surface area contributed by atoms with Crippen molar-refractivity contribution in [2.24, 2.45) is 17.3 Å². The molecule has 2 saturated carbocycles. The van der Waals surface area contributed by atoms with Crippen molar-refractivity contribution in [3.05, 3.63) is 59.0 Å². The summed E-state index contributed by atoms with van der Waals surface area (Å²) in [5.74, 6) is -0.902. The lowest BCUT2D eigenvalue weighted by atomic mass is 9.57. The first-order chi connectivity index (χ1) is 31.0. The SMILES string of the molecule is O=C1CCC(N2C(=O)c3cccc(NCC4CC5(CCN(C[C@H]6CC[C@H](n7cc(NC(=O)c8nsc9ccc(N%10C[C@H]%11CC%10CO%11)nc89)c(C(F)F)n7)CC6)CC5)C4)c3C2=O)C(=O)N1. The number of benzene rings is 1. The third-order valence-electron chi connectivity index (χ3n) is 15.0. The van der Waals surface area contributed by atoms with Crippen LogP contribution in [0.2, 0.25) is 0 Å². The van der Waals surface area contributed by atoms with Crippen LogP contribution in [0.3, 0.4) is 0 Å². The monoisotopic (exact) mass is 896 g/mol. The summed E-state index contributed by atoms with van der Waals surface area (Å²) in [4.78, 5) is 75.1. The van der Waals surface area contributed by atoms with Crippen LogP contribution in [-0.2, 0) is 14.3 Å². The van der Waals surface area contributed by atoms with E-state index in [9.17, 15) is 32.8 Å². The van der Waals surface area contributed by atoms with Crippen molar-refractivity contribution in [3.8, 4) is 0 Å². The van der Waals surface area contributed by atoms with Gasteiger partial charge in [-0.25, -0.2) is 13.8 Å². The lowest BCUT2D eigenvalue weighted by Gasteiger charge is -2.53. The molecule has 3 atom stereocenters. The number of nitrogens with one attached hydrogen (secondary N) is 3. The number of likely N-dealkylation sites (tertiary alicyclic amines) is 1. The predicted molar refractivity (Wildman–Crippen MR) is 231 cm³/mol. The molecule has 2 unspecified atom stereocenters. The molecule has 4 aromatic rings. The van der Waals surface area contributed by atoms with E-state index in [1.165, 1.54) is 0 Å². The Morgan fingerprint density at radius 1 is 0.969 bits per heavy atom. The van der Waals surface area contributed by atoms with Crippen molar-refractivity contribution in [2.45, 2.75) is 101 Å². The molecular formula is C45H50F2N10O6S. The number of nitrogens with zero attached hydrogens (tertiary/aromatic N) is 7. The third kappa shape index (κ3) is 7.42. The van der Waals surface area contributed by atoms with Crippen LogP contribution in [-0.4, -0.2) is 116 Å². The van der Waals surface area contributed by atoms with Crippen LogP contribution in [0.4, 0.5) is 26.0 Å². The molecule has 4 saturated heterocycles. The van der Waals surface area contributed by atoms with Crippen LogP contribution >= 0.6 is 11.5 Å². The van der Waals surface area contributed by atoms with Gasteiger partial charge in [0.25, 0.3) is 24.1 Å². The van der Waals surface area contributed by atoms with Crippen LogP contribution in [0.1, 0.15) is 120 Å². The second-order valence-corrected chi connectivity index (χ2v) is 19.8. The van der Waals surface area contributed by atoms with E-state index in [4.69, 9.17) is 9.72 Å². The Hall–Kier alpha value is -5.40. The molecule has 3 aromatic heterocycles. The van der Waals surface area contributed by atoms with Gasteiger partial charge in [0.05, 0.1) is 46.3 Å². The number of carbonyl (C=O) groups excluding carboxylic acids is 5. The van der Waals surface area contributed by atoms with Crippen LogP contribution < -0.4 is 20.9 Å². The molecule has 8 heterocycles. The smallest absolute Gasteiger partial charge is 0.284 e. The Labute approximate surface area is 371 Å². The standard InChI is InChI=1S/C45H50F2N10O6S/c46-40(47)37-31(49-42(60)39-38-33(64-53-39)9-10-34(50-38)55-21-28-16-27(55)23-63-28)22-56(52-37)26-6-4-24(5-7-26)20-54-14-12-45(13-15-54)17-25(18-45)19-48-30-3-1-2-29-36(30)44(62)57(43(29)61)32-8-11-35(58)51-41(32)59/h1-3,9-10,22,24-28,32,40,48H,4-8,11-21,23H2,(H,49,60)(H,51,58,59)/t24-,26-,27?,28-,32?/m1/s1. The molecule has 3 N–H and O–H groups in total. The van der Waals surface area contributed by atoms with Crippen molar-refractivity contribution in [1.82, 2.24) is 34.3 Å². The van der Waals surface area contributed by atoms with E-state index in [1.54, 1.807) is 29.1 Å². The van der Waals surface area contributed by atoms with Gasteiger partial charge in [-0.05, 0) is 130 Å². The van der Waals surface area contributed by atoms with E-state index in [0.29, 0.717) is 41.6 Å². The third-order valence-corrected chi connectivity index (χ3v) is 15.8. The number of rotatable bonds is 11. The summed E-state index contributed by atoms with van der Waals surface area (Å²) >= 11 is 1.16. The number of pyridine rings is 1. The van der Waals surface area contributed by atoms with E-state index in [0.717, 1.165) is 111 Å². The number of ether oxygens (including phenoxy) is 1. The second-order valence-electron chi connectivity index (χ2n) is 19.0. The zero-order valence-electron chi connectivity index (χ0n) is 35.3. The van der Waals surface area contributed by atoms with E-state index < -0.39 is 47.7 Å².